The third kappa shape index (κ3) is 3.53. The van der Waals surface area contributed by atoms with Crippen LogP contribution in [0.25, 0.3) is 0 Å². The molecule has 0 aliphatic heterocycles. The van der Waals surface area contributed by atoms with Gasteiger partial charge in [-0.25, -0.2) is 0 Å². The van der Waals surface area contributed by atoms with Crippen molar-refractivity contribution in [3.05, 3.63) is 64.2 Å². The Morgan fingerprint density at radius 2 is 1.85 bits per heavy atom. The number of ether oxygens (including phenoxy) is 1. The second-order valence-corrected chi connectivity index (χ2v) is 5.52. The Kier molecular flexibility index (Phi) is 4.69. The molecule has 3 heteroatoms. The SMILES string of the molecule is Cc1ccc(C)c(C(O)C(C)Oc2cccc(Cl)c2)c1. The van der Waals surface area contributed by atoms with Crippen LogP contribution >= 0.6 is 11.6 Å². The zero-order chi connectivity index (χ0) is 14.7. The third-order valence-corrected chi connectivity index (χ3v) is 3.55. The summed E-state index contributed by atoms with van der Waals surface area (Å²) in [7, 11) is 0. The average Bonchev–Trinajstić information content (AvgIpc) is 2.40. The Labute approximate surface area is 125 Å². The van der Waals surface area contributed by atoms with E-state index in [-0.39, 0.29) is 6.10 Å². The molecular formula is C17H19ClO2. The van der Waals surface area contributed by atoms with E-state index in [1.54, 1.807) is 12.1 Å². The molecule has 2 nitrogen and oxygen atoms in total. The summed E-state index contributed by atoms with van der Waals surface area (Å²) >= 11 is 5.93. The van der Waals surface area contributed by atoms with Crippen LogP contribution in [0.5, 0.6) is 5.75 Å². The van der Waals surface area contributed by atoms with Crippen molar-refractivity contribution in [3.8, 4) is 5.75 Å². The van der Waals surface area contributed by atoms with E-state index in [4.69, 9.17) is 16.3 Å². The standard InChI is InChI=1S/C17H19ClO2/c1-11-7-8-12(2)16(9-11)17(19)13(3)20-15-6-4-5-14(18)10-15/h4-10,13,17,19H,1-3H3. The minimum atomic E-state index is -0.672. The lowest BCUT2D eigenvalue weighted by Crippen LogP contribution is -2.22. The topological polar surface area (TPSA) is 29.5 Å². The fourth-order valence-electron chi connectivity index (χ4n) is 2.15. The number of hydrogen-bond acceptors (Lipinski definition) is 2. The van der Waals surface area contributed by atoms with Gasteiger partial charge in [0.1, 0.15) is 18.0 Å². The number of aliphatic hydroxyl groups is 1. The predicted octanol–water partition coefficient (Wildman–Crippen LogP) is 4.46. The van der Waals surface area contributed by atoms with Gasteiger partial charge in [0.05, 0.1) is 0 Å². The second-order valence-electron chi connectivity index (χ2n) is 5.09. The van der Waals surface area contributed by atoms with Crippen LogP contribution in [-0.2, 0) is 0 Å². The fraction of sp³-hybridized carbons (Fsp3) is 0.294. The van der Waals surface area contributed by atoms with Crippen molar-refractivity contribution in [2.45, 2.75) is 33.0 Å². The van der Waals surface area contributed by atoms with Gasteiger partial charge in [0.15, 0.2) is 0 Å². The maximum atomic E-state index is 10.5. The summed E-state index contributed by atoms with van der Waals surface area (Å²) in [6.45, 7) is 5.86. The van der Waals surface area contributed by atoms with E-state index in [1.807, 2.05) is 51.1 Å². The highest BCUT2D eigenvalue weighted by Crippen LogP contribution is 2.26. The number of aliphatic hydroxyl groups excluding tert-OH is 1. The molecule has 20 heavy (non-hydrogen) atoms. The molecular weight excluding hydrogens is 272 g/mol. The number of benzene rings is 2. The molecule has 2 aromatic carbocycles. The largest absolute Gasteiger partial charge is 0.488 e. The average molecular weight is 291 g/mol. The highest BCUT2D eigenvalue weighted by Gasteiger charge is 2.20. The van der Waals surface area contributed by atoms with E-state index in [1.165, 1.54) is 0 Å². The molecule has 0 radical (unpaired) electrons. The maximum Gasteiger partial charge on any atom is 0.126 e. The highest BCUT2D eigenvalue weighted by molar-refractivity contribution is 6.30. The summed E-state index contributed by atoms with van der Waals surface area (Å²) in [5.41, 5.74) is 3.09. The van der Waals surface area contributed by atoms with Crippen molar-refractivity contribution in [1.29, 1.82) is 0 Å². The van der Waals surface area contributed by atoms with E-state index in [2.05, 4.69) is 0 Å². The van der Waals surface area contributed by atoms with E-state index >= 15 is 0 Å². The summed E-state index contributed by atoms with van der Waals surface area (Å²) in [6, 6.07) is 13.2. The van der Waals surface area contributed by atoms with Crippen LogP contribution in [0, 0.1) is 13.8 Å². The monoisotopic (exact) mass is 290 g/mol. The van der Waals surface area contributed by atoms with Crippen molar-refractivity contribution in [2.24, 2.45) is 0 Å². The Balaban J connectivity index is 2.16. The molecule has 0 heterocycles. The molecule has 0 aromatic heterocycles. The van der Waals surface area contributed by atoms with Gasteiger partial charge in [-0.2, -0.15) is 0 Å². The Morgan fingerprint density at radius 3 is 2.55 bits per heavy atom. The Morgan fingerprint density at radius 1 is 1.10 bits per heavy atom. The molecule has 0 saturated carbocycles. The molecule has 0 fully saturated rings. The smallest absolute Gasteiger partial charge is 0.126 e. The van der Waals surface area contributed by atoms with Gasteiger partial charge in [0, 0.05) is 5.02 Å². The van der Waals surface area contributed by atoms with Gasteiger partial charge in [-0.1, -0.05) is 41.4 Å². The van der Waals surface area contributed by atoms with Gasteiger partial charge in [-0.3, -0.25) is 0 Å². The lowest BCUT2D eigenvalue weighted by molar-refractivity contribution is 0.0463. The first kappa shape index (κ1) is 14.9. The molecule has 0 aliphatic carbocycles. The minimum absolute atomic E-state index is 0.353. The van der Waals surface area contributed by atoms with Gasteiger partial charge in [0.25, 0.3) is 0 Å². The first-order valence-electron chi connectivity index (χ1n) is 6.65. The zero-order valence-corrected chi connectivity index (χ0v) is 12.7. The molecule has 2 rings (SSSR count). The van der Waals surface area contributed by atoms with E-state index in [0.717, 1.165) is 16.7 Å². The van der Waals surface area contributed by atoms with E-state index in [0.29, 0.717) is 10.8 Å². The lowest BCUT2D eigenvalue weighted by atomic mass is 9.98. The summed E-state index contributed by atoms with van der Waals surface area (Å²) < 4.78 is 5.77. The van der Waals surface area contributed by atoms with Crippen molar-refractivity contribution in [2.75, 3.05) is 0 Å². The quantitative estimate of drug-likeness (QED) is 0.901. The summed E-state index contributed by atoms with van der Waals surface area (Å²) in [6.07, 6.45) is -1.03. The molecule has 2 aromatic rings. The van der Waals surface area contributed by atoms with Gasteiger partial charge in [-0.05, 0) is 50.1 Å². The van der Waals surface area contributed by atoms with Crippen molar-refractivity contribution >= 4 is 11.6 Å². The number of aryl methyl sites for hydroxylation is 2. The molecule has 106 valence electrons. The molecule has 0 amide bonds. The van der Waals surface area contributed by atoms with Gasteiger partial charge in [0.2, 0.25) is 0 Å². The van der Waals surface area contributed by atoms with Crippen LogP contribution in [0.1, 0.15) is 29.7 Å². The fourth-order valence-corrected chi connectivity index (χ4v) is 2.33. The molecule has 0 spiro atoms. The number of halogens is 1. The van der Waals surface area contributed by atoms with Crippen LogP contribution in [0.15, 0.2) is 42.5 Å². The Bertz CT molecular complexity index is 595. The minimum Gasteiger partial charge on any atom is -0.488 e. The lowest BCUT2D eigenvalue weighted by Gasteiger charge is -2.22. The van der Waals surface area contributed by atoms with Gasteiger partial charge < -0.3 is 9.84 Å². The first-order valence-corrected chi connectivity index (χ1v) is 7.02. The van der Waals surface area contributed by atoms with Gasteiger partial charge >= 0.3 is 0 Å². The molecule has 0 bridgehead atoms. The summed E-state index contributed by atoms with van der Waals surface area (Å²) in [4.78, 5) is 0. The van der Waals surface area contributed by atoms with Crippen LogP contribution in [-0.4, -0.2) is 11.2 Å². The second kappa shape index (κ2) is 6.29. The highest BCUT2D eigenvalue weighted by atomic mass is 35.5. The summed E-state index contributed by atoms with van der Waals surface area (Å²) in [5, 5.41) is 11.1. The van der Waals surface area contributed by atoms with E-state index in [9.17, 15) is 5.11 Å². The number of hydrogen-bond donors (Lipinski definition) is 1. The molecule has 2 atom stereocenters. The molecule has 0 saturated heterocycles. The zero-order valence-electron chi connectivity index (χ0n) is 11.9. The molecule has 2 unspecified atom stereocenters. The van der Waals surface area contributed by atoms with Crippen LogP contribution in [0.3, 0.4) is 0 Å². The van der Waals surface area contributed by atoms with Crippen LogP contribution in [0.4, 0.5) is 0 Å². The summed E-state index contributed by atoms with van der Waals surface area (Å²) in [5.74, 6) is 0.661. The first-order chi connectivity index (χ1) is 9.47. The van der Waals surface area contributed by atoms with Crippen LogP contribution < -0.4 is 4.74 Å². The van der Waals surface area contributed by atoms with Crippen LogP contribution in [0.2, 0.25) is 5.02 Å². The van der Waals surface area contributed by atoms with Crippen molar-refractivity contribution in [3.63, 3.8) is 0 Å². The predicted molar refractivity (Wildman–Crippen MR) is 82.4 cm³/mol. The van der Waals surface area contributed by atoms with Crippen molar-refractivity contribution in [1.82, 2.24) is 0 Å². The Hall–Kier alpha value is -1.51. The molecule has 1 N–H and O–H groups in total. The third-order valence-electron chi connectivity index (χ3n) is 3.32. The number of rotatable bonds is 4. The molecule has 0 aliphatic rings. The maximum absolute atomic E-state index is 10.5. The van der Waals surface area contributed by atoms with Gasteiger partial charge in [-0.15, -0.1) is 0 Å². The van der Waals surface area contributed by atoms with E-state index < -0.39 is 6.10 Å². The normalized spacial score (nSPS) is 13.8. The van der Waals surface area contributed by atoms with Crippen molar-refractivity contribution < 1.29 is 9.84 Å².